The van der Waals surface area contributed by atoms with E-state index in [1.54, 1.807) is 0 Å². The van der Waals surface area contributed by atoms with E-state index in [9.17, 15) is 14.7 Å². The van der Waals surface area contributed by atoms with Gasteiger partial charge in [-0.05, 0) is 12.8 Å². The fourth-order valence-corrected chi connectivity index (χ4v) is 1.67. The molecule has 4 heteroatoms. The van der Waals surface area contributed by atoms with Gasteiger partial charge in [-0.2, -0.15) is 0 Å². The third kappa shape index (κ3) is 2.26. The quantitative estimate of drug-likeness (QED) is 0.681. The molecule has 0 saturated heterocycles. The van der Waals surface area contributed by atoms with Gasteiger partial charge in [-0.3, -0.25) is 14.5 Å². The summed E-state index contributed by atoms with van der Waals surface area (Å²) in [7, 11) is 0. The first-order chi connectivity index (χ1) is 7.08. The fourth-order valence-electron chi connectivity index (χ4n) is 1.67. The van der Waals surface area contributed by atoms with Crippen LogP contribution in [0.2, 0.25) is 0 Å². The topological polar surface area (TPSA) is 57.6 Å². The largest absolute Gasteiger partial charge is 0.396 e. The fraction of sp³-hybridized carbons (Fsp3) is 0.636. The van der Waals surface area contributed by atoms with Gasteiger partial charge in [-0.25, -0.2) is 0 Å². The van der Waals surface area contributed by atoms with Crippen molar-refractivity contribution < 1.29 is 14.7 Å². The third-order valence-electron chi connectivity index (χ3n) is 3.23. The van der Waals surface area contributed by atoms with Gasteiger partial charge in [-0.1, -0.05) is 13.8 Å². The molecule has 0 aromatic heterocycles. The van der Waals surface area contributed by atoms with Crippen molar-refractivity contribution in [1.29, 1.82) is 0 Å². The van der Waals surface area contributed by atoms with Gasteiger partial charge in [0.2, 0.25) is 0 Å². The smallest absolute Gasteiger partial charge is 0.253 e. The molecule has 0 fully saturated rings. The highest BCUT2D eigenvalue weighted by Gasteiger charge is 2.33. The zero-order valence-electron chi connectivity index (χ0n) is 9.19. The lowest BCUT2D eigenvalue weighted by molar-refractivity contribution is -0.139. The van der Waals surface area contributed by atoms with E-state index in [2.05, 4.69) is 0 Å². The molecule has 0 radical (unpaired) electrons. The lowest BCUT2D eigenvalue weighted by atomic mass is 9.82. The Bertz CT molecular complexity index is 266. The van der Waals surface area contributed by atoms with E-state index in [0.29, 0.717) is 6.54 Å². The number of imide groups is 1. The molecule has 84 valence electrons. The molecular weight excluding hydrogens is 194 g/mol. The Labute approximate surface area is 89.6 Å². The summed E-state index contributed by atoms with van der Waals surface area (Å²) in [5, 5.41) is 9.34. The van der Waals surface area contributed by atoms with Crippen LogP contribution in [-0.4, -0.2) is 35.0 Å². The van der Waals surface area contributed by atoms with Gasteiger partial charge in [0.05, 0.1) is 6.61 Å². The van der Waals surface area contributed by atoms with E-state index < -0.39 is 0 Å². The molecule has 0 spiro atoms. The van der Waals surface area contributed by atoms with Crippen LogP contribution in [0.5, 0.6) is 0 Å². The second-order valence-electron chi connectivity index (χ2n) is 3.96. The standard InChI is InChI=1S/C11H17NO3/c1-3-11(4-2,8-13)7-12-9(14)5-6-10(12)15/h5-6,13H,3-4,7-8H2,1-2H3. The molecular formula is C11H17NO3. The third-order valence-corrected chi connectivity index (χ3v) is 3.23. The molecule has 0 unspecified atom stereocenters. The highest BCUT2D eigenvalue weighted by Crippen LogP contribution is 2.27. The molecule has 1 heterocycles. The summed E-state index contributed by atoms with van der Waals surface area (Å²) in [4.78, 5) is 23.9. The van der Waals surface area contributed by atoms with Gasteiger partial charge >= 0.3 is 0 Å². The number of aliphatic hydroxyl groups excluding tert-OH is 1. The van der Waals surface area contributed by atoms with Crippen molar-refractivity contribution in [3.63, 3.8) is 0 Å². The van der Waals surface area contributed by atoms with Crippen molar-refractivity contribution in [3.05, 3.63) is 12.2 Å². The van der Waals surface area contributed by atoms with Crippen LogP contribution in [-0.2, 0) is 9.59 Å². The van der Waals surface area contributed by atoms with E-state index in [1.807, 2.05) is 13.8 Å². The summed E-state index contributed by atoms with van der Waals surface area (Å²) in [5.41, 5.74) is -0.350. The molecule has 1 aliphatic heterocycles. The normalized spacial score (nSPS) is 16.6. The van der Waals surface area contributed by atoms with E-state index in [1.165, 1.54) is 17.1 Å². The minimum atomic E-state index is -0.350. The van der Waals surface area contributed by atoms with Gasteiger partial charge in [0.25, 0.3) is 11.8 Å². The van der Waals surface area contributed by atoms with Crippen LogP contribution in [0.4, 0.5) is 0 Å². The van der Waals surface area contributed by atoms with Crippen molar-refractivity contribution in [1.82, 2.24) is 4.90 Å². The van der Waals surface area contributed by atoms with Crippen LogP contribution >= 0.6 is 0 Å². The average Bonchev–Trinajstić information content (AvgIpc) is 2.57. The van der Waals surface area contributed by atoms with Gasteiger partial charge in [0.15, 0.2) is 0 Å². The number of aliphatic hydroxyl groups is 1. The maximum atomic E-state index is 11.3. The maximum Gasteiger partial charge on any atom is 0.253 e. The number of rotatable bonds is 5. The Balaban J connectivity index is 2.75. The van der Waals surface area contributed by atoms with Gasteiger partial charge in [0.1, 0.15) is 0 Å². The first-order valence-corrected chi connectivity index (χ1v) is 5.23. The molecule has 0 atom stereocenters. The molecule has 1 N–H and O–H groups in total. The van der Waals surface area contributed by atoms with Crippen LogP contribution in [0.15, 0.2) is 12.2 Å². The summed E-state index contributed by atoms with van der Waals surface area (Å²) in [5.74, 6) is -0.556. The summed E-state index contributed by atoms with van der Waals surface area (Å²) in [6, 6.07) is 0. The second kappa shape index (κ2) is 4.57. The molecule has 0 bridgehead atoms. The van der Waals surface area contributed by atoms with Crippen molar-refractivity contribution in [2.45, 2.75) is 26.7 Å². The molecule has 1 aliphatic rings. The van der Waals surface area contributed by atoms with Gasteiger partial charge in [0, 0.05) is 24.1 Å². The molecule has 2 amide bonds. The number of amides is 2. The Morgan fingerprint density at radius 3 is 2.00 bits per heavy atom. The van der Waals surface area contributed by atoms with Gasteiger partial charge in [-0.15, -0.1) is 0 Å². The minimum Gasteiger partial charge on any atom is -0.396 e. The Kier molecular flexibility index (Phi) is 3.63. The van der Waals surface area contributed by atoms with E-state index >= 15 is 0 Å². The number of carbonyl (C=O) groups excluding carboxylic acids is 2. The lowest BCUT2D eigenvalue weighted by Gasteiger charge is -2.32. The predicted molar refractivity (Wildman–Crippen MR) is 56.0 cm³/mol. The van der Waals surface area contributed by atoms with E-state index in [0.717, 1.165) is 12.8 Å². The van der Waals surface area contributed by atoms with E-state index in [4.69, 9.17) is 0 Å². The Hall–Kier alpha value is -1.16. The predicted octanol–water partition coefficient (Wildman–Crippen LogP) is 0.710. The van der Waals surface area contributed by atoms with Crippen LogP contribution in [0.25, 0.3) is 0 Å². The SMILES string of the molecule is CCC(CC)(CO)CN1C(=O)C=CC1=O. The molecule has 1 rings (SSSR count). The first-order valence-electron chi connectivity index (χ1n) is 5.23. The molecule has 15 heavy (non-hydrogen) atoms. The Morgan fingerprint density at radius 2 is 1.67 bits per heavy atom. The number of hydrogen-bond donors (Lipinski definition) is 1. The number of hydrogen-bond acceptors (Lipinski definition) is 3. The van der Waals surface area contributed by atoms with Crippen LogP contribution in [0.3, 0.4) is 0 Å². The lowest BCUT2D eigenvalue weighted by Crippen LogP contribution is -2.42. The number of nitrogens with zero attached hydrogens (tertiary/aromatic N) is 1. The number of carbonyl (C=O) groups is 2. The summed E-state index contributed by atoms with van der Waals surface area (Å²) < 4.78 is 0. The van der Waals surface area contributed by atoms with Crippen LogP contribution in [0.1, 0.15) is 26.7 Å². The molecule has 0 saturated carbocycles. The van der Waals surface area contributed by atoms with Crippen LogP contribution in [0, 0.1) is 5.41 Å². The van der Waals surface area contributed by atoms with Crippen molar-refractivity contribution >= 4 is 11.8 Å². The van der Waals surface area contributed by atoms with Gasteiger partial charge < -0.3 is 5.11 Å². The highest BCUT2D eigenvalue weighted by molar-refractivity contribution is 6.12. The molecule has 0 aromatic rings. The van der Waals surface area contributed by atoms with Crippen molar-refractivity contribution in [2.75, 3.05) is 13.2 Å². The minimum absolute atomic E-state index is 0.00292. The summed E-state index contributed by atoms with van der Waals surface area (Å²) in [6.07, 6.45) is 4.04. The zero-order valence-corrected chi connectivity index (χ0v) is 9.19. The van der Waals surface area contributed by atoms with Crippen LogP contribution < -0.4 is 0 Å². The Morgan fingerprint density at radius 1 is 1.20 bits per heavy atom. The molecule has 0 aromatic carbocycles. The highest BCUT2D eigenvalue weighted by atomic mass is 16.3. The molecule has 4 nitrogen and oxygen atoms in total. The van der Waals surface area contributed by atoms with Crippen molar-refractivity contribution in [2.24, 2.45) is 5.41 Å². The first kappa shape index (κ1) is 11.9. The van der Waals surface area contributed by atoms with Crippen molar-refractivity contribution in [3.8, 4) is 0 Å². The monoisotopic (exact) mass is 211 g/mol. The maximum absolute atomic E-state index is 11.3. The second-order valence-corrected chi connectivity index (χ2v) is 3.96. The molecule has 0 aliphatic carbocycles. The average molecular weight is 211 g/mol. The summed E-state index contributed by atoms with van der Waals surface area (Å²) in [6.45, 7) is 4.22. The zero-order chi connectivity index (χ0) is 11.5. The summed E-state index contributed by atoms with van der Waals surface area (Å²) >= 11 is 0. The van der Waals surface area contributed by atoms with E-state index in [-0.39, 0.29) is 23.8 Å².